The molecule has 11 nitrogen and oxygen atoms in total. The number of fused-ring (bicyclic) bond motifs is 1. The maximum atomic E-state index is 14.8. The van der Waals surface area contributed by atoms with Crippen LogP contribution in [0.2, 0.25) is 0 Å². The van der Waals surface area contributed by atoms with E-state index in [1.54, 1.807) is 20.8 Å². The molecule has 0 aromatic rings. The Morgan fingerprint density at radius 2 is 1.75 bits per heavy atom. The molecule has 8 fully saturated rings. The summed E-state index contributed by atoms with van der Waals surface area (Å²) in [6, 6.07) is 0. The van der Waals surface area contributed by atoms with Crippen molar-refractivity contribution >= 4 is 23.5 Å². The molecule has 2 bridgehead atoms. The summed E-state index contributed by atoms with van der Waals surface area (Å²) in [6.07, 6.45) is 0.143. The van der Waals surface area contributed by atoms with E-state index in [1.807, 2.05) is 6.92 Å². The van der Waals surface area contributed by atoms with Crippen molar-refractivity contribution in [3.8, 4) is 0 Å². The molecular formula is C29H36O11. The molecule has 2 saturated carbocycles. The highest BCUT2D eigenvalue weighted by Crippen LogP contribution is 2.75. The number of hydrogen-bond acceptors (Lipinski definition) is 11. The van der Waals surface area contributed by atoms with E-state index in [0.717, 1.165) is 0 Å². The van der Waals surface area contributed by atoms with Crippen LogP contribution in [0.1, 0.15) is 72.6 Å². The SMILES string of the molecule is C[C@@H]1C(=O)[C@@]2(C)CC[C@]34C[C@]56OC(=O)C[C@H]5O[C@@](C)(CO)[C@@H]6CC[C@@]3(O)C(=O)[C@@]3(O[C@@]5(C[C@H](C)C(=O)O5)[C@@H]1[C@H]32)O4. The van der Waals surface area contributed by atoms with E-state index in [4.69, 9.17) is 23.7 Å². The van der Waals surface area contributed by atoms with Crippen LogP contribution in [0.4, 0.5) is 0 Å². The molecule has 13 atom stereocenters. The van der Waals surface area contributed by atoms with Crippen LogP contribution in [0.3, 0.4) is 0 Å². The lowest BCUT2D eigenvalue weighted by molar-refractivity contribution is -0.316. The maximum absolute atomic E-state index is 14.8. The molecular weight excluding hydrogens is 524 g/mol. The fourth-order valence-electron chi connectivity index (χ4n) is 10.9. The summed E-state index contributed by atoms with van der Waals surface area (Å²) in [6.45, 7) is 6.82. The fraction of sp³-hybridized carbons (Fsp3) is 0.862. The summed E-state index contributed by atoms with van der Waals surface area (Å²) in [5.41, 5.74) is -6.85. The lowest BCUT2D eigenvalue weighted by atomic mass is 9.61. The van der Waals surface area contributed by atoms with Gasteiger partial charge < -0.3 is 29.2 Å². The lowest BCUT2D eigenvalue weighted by Crippen LogP contribution is -2.60. The molecule has 0 aromatic carbocycles. The Bertz CT molecular complexity index is 1300. The van der Waals surface area contributed by atoms with Gasteiger partial charge in [0.15, 0.2) is 5.60 Å². The molecule has 40 heavy (non-hydrogen) atoms. The zero-order valence-electron chi connectivity index (χ0n) is 23.2. The molecule has 0 amide bonds. The topological polar surface area (TPSA) is 155 Å². The summed E-state index contributed by atoms with van der Waals surface area (Å²) in [7, 11) is 0. The highest BCUT2D eigenvalue weighted by molar-refractivity contribution is 6.01. The molecule has 218 valence electrons. The third kappa shape index (κ3) is 2.43. The minimum Gasteiger partial charge on any atom is -0.456 e. The molecule has 6 heterocycles. The zero-order valence-corrected chi connectivity index (χ0v) is 23.2. The number of aliphatic hydroxyl groups is 2. The van der Waals surface area contributed by atoms with Crippen molar-refractivity contribution in [2.24, 2.45) is 35.0 Å². The highest BCUT2D eigenvalue weighted by Gasteiger charge is 2.89. The van der Waals surface area contributed by atoms with Gasteiger partial charge in [0.05, 0.1) is 24.5 Å². The molecule has 2 N–H and O–H groups in total. The molecule has 0 aromatic heterocycles. The van der Waals surface area contributed by atoms with Gasteiger partial charge in [0.1, 0.15) is 23.1 Å². The number of esters is 2. The van der Waals surface area contributed by atoms with Crippen molar-refractivity contribution in [1.82, 2.24) is 0 Å². The molecule has 8 aliphatic rings. The monoisotopic (exact) mass is 560 g/mol. The van der Waals surface area contributed by atoms with E-state index in [9.17, 15) is 29.4 Å². The molecule has 11 heteroatoms. The van der Waals surface area contributed by atoms with E-state index < -0.39 is 92.8 Å². The number of carbonyl (C=O) groups is 4. The van der Waals surface area contributed by atoms with E-state index in [2.05, 4.69) is 0 Å². The first-order chi connectivity index (χ1) is 18.7. The largest absolute Gasteiger partial charge is 0.456 e. The Morgan fingerprint density at radius 3 is 2.42 bits per heavy atom. The third-order valence-electron chi connectivity index (χ3n) is 12.5. The first-order valence-electron chi connectivity index (χ1n) is 14.6. The van der Waals surface area contributed by atoms with Gasteiger partial charge >= 0.3 is 11.9 Å². The molecule has 6 aliphatic heterocycles. The summed E-state index contributed by atoms with van der Waals surface area (Å²) in [4.78, 5) is 54.2. The summed E-state index contributed by atoms with van der Waals surface area (Å²) in [5, 5.41) is 22.9. The zero-order chi connectivity index (χ0) is 28.5. The summed E-state index contributed by atoms with van der Waals surface area (Å²) >= 11 is 0. The van der Waals surface area contributed by atoms with E-state index >= 15 is 0 Å². The lowest BCUT2D eigenvalue weighted by Gasteiger charge is -2.43. The van der Waals surface area contributed by atoms with Gasteiger partial charge in [-0.25, -0.2) is 0 Å². The number of aliphatic hydroxyl groups excluding tert-OH is 1. The molecule has 0 radical (unpaired) electrons. The molecule has 8 rings (SSSR count). The second-order valence-corrected chi connectivity index (χ2v) is 14.4. The van der Waals surface area contributed by atoms with Crippen LogP contribution in [0.25, 0.3) is 0 Å². The Morgan fingerprint density at radius 1 is 1.00 bits per heavy atom. The van der Waals surface area contributed by atoms with Crippen molar-refractivity contribution < 1.29 is 53.1 Å². The Balaban J connectivity index is 1.32. The van der Waals surface area contributed by atoms with Crippen LogP contribution in [-0.2, 0) is 42.9 Å². The van der Waals surface area contributed by atoms with Crippen LogP contribution in [0.15, 0.2) is 0 Å². The van der Waals surface area contributed by atoms with E-state index in [1.165, 1.54) is 0 Å². The number of carbonyl (C=O) groups excluding carboxylic acids is 4. The number of ether oxygens (including phenoxy) is 5. The van der Waals surface area contributed by atoms with Crippen LogP contribution in [0.5, 0.6) is 0 Å². The smallest absolute Gasteiger partial charge is 0.311 e. The molecule has 4 spiro atoms. The Kier molecular flexibility index (Phi) is 4.50. The van der Waals surface area contributed by atoms with Crippen molar-refractivity contribution in [2.45, 2.75) is 113 Å². The van der Waals surface area contributed by atoms with Crippen LogP contribution >= 0.6 is 0 Å². The normalized spacial score (nSPS) is 61.1. The number of ketones is 2. The van der Waals surface area contributed by atoms with Gasteiger partial charge in [0.2, 0.25) is 17.4 Å². The van der Waals surface area contributed by atoms with Crippen LogP contribution < -0.4 is 0 Å². The Labute approximate surface area is 231 Å². The molecule has 2 aliphatic carbocycles. The van der Waals surface area contributed by atoms with Gasteiger partial charge in [0, 0.05) is 41.9 Å². The predicted octanol–water partition coefficient (Wildman–Crippen LogP) is 0.948. The Hall–Kier alpha value is -1.92. The van der Waals surface area contributed by atoms with Gasteiger partial charge in [0.25, 0.3) is 0 Å². The van der Waals surface area contributed by atoms with E-state index in [0.29, 0.717) is 6.42 Å². The quantitative estimate of drug-likeness (QED) is 0.441. The predicted molar refractivity (Wildman–Crippen MR) is 130 cm³/mol. The van der Waals surface area contributed by atoms with Crippen molar-refractivity contribution in [3.05, 3.63) is 0 Å². The number of hydrogen-bond donors (Lipinski definition) is 2. The maximum Gasteiger partial charge on any atom is 0.311 e. The minimum atomic E-state index is -2.01. The highest BCUT2D eigenvalue weighted by atomic mass is 16.8. The first-order valence-corrected chi connectivity index (χ1v) is 14.6. The number of rotatable bonds is 1. The van der Waals surface area contributed by atoms with Crippen molar-refractivity contribution in [3.63, 3.8) is 0 Å². The summed E-state index contributed by atoms with van der Waals surface area (Å²) < 4.78 is 31.8. The standard InChI is InChI=1S/C29H36O11/c1-13-10-28(38-21(13)33)18-14(2)20(32)23(3)7-8-25-11-26-15(24(4,12-30)36-16(26)9-17(31)37-26)5-6-27(25,35)22(34)29(39-25,40-28)19(18)23/h13-16,18-19,30,35H,5-12H2,1-4H3/t13-,14-,15-,16+,18-,19-,23-,24-,25-,26+,27+,28-,29+/m0/s1. The van der Waals surface area contributed by atoms with Gasteiger partial charge in [-0.1, -0.05) is 20.8 Å². The second-order valence-electron chi connectivity index (χ2n) is 14.4. The second kappa shape index (κ2) is 6.99. The van der Waals surface area contributed by atoms with Gasteiger partial charge in [-0.2, -0.15) is 0 Å². The average molecular weight is 561 g/mol. The third-order valence-corrected chi connectivity index (χ3v) is 12.5. The van der Waals surface area contributed by atoms with Crippen molar-refractivity contribution in [1.29, 1.82) is 0 Å². The van der Waals surface area contributed by atoms with Gasteiger partial charge in [-0.3, -0.25) is 23.9 Å². The van der Waals surface area contributed by atoms with Gasteiger partial charge in [-0.05, 0) is 32.6 Å². The van der Waals surface area contributed by atoms with Crippen LogP contribution in [0, 0.1) is 35.0 Å². The number of Topliss-reactive ketones (excluding diaryl/α,β-unsaturated/α-hetero) is 2. The average Bonchev–Trinajstić information content (AvgIpc) is 3.56. The van der Waals surface area contributed by atoms with Crippen molar-refractivity contribution in [2.75, 3.05) is 6.61 Å². The molecule has 6 saturated heterocycles. The minimum absolute atomic E-state index is 0.00838. The fourth-order valence-corrected chi connectivity index (χ4v) is 10.9. The summed E-state index contributed by atoms with van der Waals surface area (Å²) in [5.74, 6) is -8.00. The van der Waals surface area contributed by atoms with Crippen LogP contribution in [-0.4, -0.2) is 80.4 Å². The molecule has 0 unspecified atom stereocenters. The first kappa shape index (κ1) is 25.8. The van der Waals surface area contributed by atoms with Gasteiger partial charge in [-0.15, -0.1) is 0 Å². The van der Waals surface area contributed by atoms with E-state index in [-0.39, 0.29) is 50.9 Å².